The molecule has 0 bridgehead atoms. The Morgan fingerprint density at radius 3 is 2.92 bits per heavy atom. The molecule has 4 heterocycles. The smallest absolute Gasteiger partial charge is 0.248 e. The molecule has 0 unspecified atom stereocenters. The summed E-state index contributed by atoms with van der Waals surface area (Å²) in [7, 11) is 0. The molecule has 24 heavy (non-hydrogen) atoms. The van der Waals surface area contributed by atoms with E-state index in [9.17, 15) is 4.79 Å². The van der Waals surface area contributed by atoms with Gasteiger partial charge in [-0.2, -0.15) is 22.7 Å². The highest BCUT2D eigenvalue weighted by molar-refractivity contribution is 7.08. The van der Waals surface area contributed by atoms with E-state index in [1.54, 1.807) is 22.7 Å². The molecule has 3 aromatic heterocycles. The van der Waals surface area contributed by atoms with E-state index in [0.29, 0.717) is 24.6 Å². The second kappa shape index (κ2) is 6.86. The third-order valence-corrected chi connectivity index (χ3v) is 5.67. The zero-order valence-corrected chi connectivity index (χ0v) is 14.7. The average Bonchev–Trinajstić information content (AvgIpc) is 3.40. The number of aromatic nitrogens is 2. The van der Waals surface area contributed by atoms with Crippen molar-refractivity contribution in [2.24, 2.45) is 0 Å². The fourth-order valence-corrected chi connectivity index (χ4v) is 4.43. The fraction of sp³-hybridized carbons (Fsp3) is 0.353. The number of hydrogen-bond acceptors (Lipinski definition) is 6. The van der Waals surface area contributed by atoms with Gasteiger partial charge in [0.15, 0.2) is 0 Å². The average molecular weight is 359 g/mol. The van der Waals surface area contributed by atoms with E-state index in [-0.39, 0.29) is 11.9 Å². The molecule has 4 rings (SSSR count). The van der Waals surface area contributed by atoms with Gasteiger partial charge < -0.3 is 9.32 Å². The van der Waals surface area contributed by atoms with Crippen molar-refractivity contribution in [3.63, 3.8) is 0 Å². The summed E-state index contributed by atoms with van der Waals surface area (Å²) in [6.45, 7) is 0.837. The molecule has 0 N–H and O–H groups in total. The number of aryl methyl sites for hydroxylation is 1. The van der Waals surface area contributed by atoms with E-state index in [4.69, 9.17) is 4.42 Å². The number of carbonyl (C=O) groups is 1. The van der Waals surface area contributed by atoms with E-state index in [2.05, 4.69) is 27.0 Å². The van der Waals surface area contributed by atoms with Crippen LogP contribution in [0.3, 0.4) is 0 Å². The van der Waals surface area contributed by atoms with Crippen LogP contribution in [0.15, 0.2) is 38.1 Å². The van der Waals surface area contributed by atoms with Gasteiger partial charge in [0, 0.05) is 30.3 Å². The van der Waals surface area contributed by atoms with E-state index in [1.165, 1.54) is 5.56 Å². The van der Waals surface area contributed by atoms with Crippen LogP contribution in [0, 0.1) is 0 Å². The molecule has 1 fully saturated rings. The van der Waals surface area contributed by atoms with Crippen LogP contribution in [0.25, 0.3) is 11.5 Å². The van der Waals surface area contributed by atoms with Gasteiger partial charge in [-0.1, -0.05) is 0 Å². The van der Waals surface area contributed by atoms with Crippen LogP contribution in [0.5, 0.6) is 0 Å². The van der Waals surface area contributed by atoms with Crippen molar-refractivity contribution in [2.45, 2.75) is 31.7 Å². The van der Waals surface area contributed by atoms with E-state index < -0.39 is 0 Å². The van der Waals surface area contributed by atoms with Crippen molar-refractivity contribution in [1.29, 1.82) is 0 Å². The highest BCUT2D eigenvalue weighted by Crippen LogP contribution is 2.33. The van der Waals surface area contributed by atoms with Crippen molar-refractivity contribution in [2.75, 3.05) is 6.54 Å². The molecule has 0 aliphatic carbocycles. The van der Waals surface area contributed by atoms with Gasteiger partial charge in [0.1, 0.15) is 0 Å². The molecule has 1 amide bonds. The minimum absolute atomic E-state index is 0.166. The molecule has 0 aromatic carbocycles. The minimum atomic E-state index is 0.166. The zero-order chi connectivity index (χ0) is 16.4. The Morgan fingerprint density at radius 1 is 1.25 bits per heavy atom. The highest BCUT2D eigenvalue weighted by Gasteiger charge is 2.30. The van der Waals surface area contributed by atoms with Gasteiger partial charge in [0.2, 0.25) is 17.7 Å². The van der Waals surface area contributed by atoms with Gasteiger partial charge >= 0.3 is 0 Å². The van der Waals surface area contributed by atoms with Crippen LogP contribution >= 0.6 is 22.7 Å². The number of nitrogens with zero attached hydrogens (tertiary/aromatic N) is 3. The number of amides is 1. The highest BCUT2D eigenvalue weighted by atomic mass is 32.1. The van der Waals surface area contributed by atoms with Crippen LogP contribution in [0.1, 0.15) is 36.8 Å². The summed E-state index contributed by atoms with van der Waals surface area (Å²) in [6.07, 6.45) is 3.01. The van der Waals surface area contributed by atoms with Crippen LogP contribution in [0.4, 0.5) is 0 Å². The monoisotopic (exact) mass is 359 g/mol. The third-order valence-electron chi connectivity index (χ3n) is 4.29. The van der Waals surface area contributed by atoms with Crippen molar-refractivity contribution in [3.05, 3.63) is 45.1 Å². The Kier molecular flexibility index (Phi) is 4.44. The molecule has 3 aromatic rings. The maximum atomic E-state index is 12.6. The van der Waals surface area contributed by atoms with Crippen LogP contribution in [0.2, 0.25) is 0 Å². The summed E-state index contributed by atoms with van der Waals surface area (Å²) in [5.74, 6) is 1.21. The van der Waals surface area contributed by atoms with Gasteiger partial charge in [0.25, 0.3) is 0 Å². The largest absolute Gasteiger partial charge is 0.421 e. The molecule has 0 spiro atoms. The normalized spacial score (nSPS) is 17.5. The minimum Gasteiger partial charge on any atom is -0.421 e. The number of carbonyl (C=O) groups excluding carboxylic acids is 1. The van der Waals surface area contributed by atoms with Gasteiger partial charge in [0.05, 0.1) is 6.04 Å². The molecule has 0 saturated carbocycles. The predicted molar refractivity (Wildman–Crippen MR) is 93.9 cm³/mol. The van der Waals surface area contributed by atoms with Crippen molar-refractivity contribution in [3.8, 4) is 11.5 Å². The second-order valence-corrected chi connectivity index (χ2v) is 7.37. The number of rotatable bonds is 5. The van der Waals surface area contributed by atoms with Crippen LogP contribution in [-0.2, 0) is 11.2 Å². The van der Waals surface area contributed by atoms with E-state index >= 15 is 0 Å². The maximum Gasteiger partial charge on any atom is 0.248 e. The van der Waals surface area contributed by atoms with Gasteiger partial charge in [-0.25, -0.2) is 0 Å². The standard InChI is InChI=1S/C17H17N3O2S2/c21-16(20-7-1-2-14(20)12-5-8-23-10-12)4-3-15-18-19-17(22-15)13-6-9-24-11-13/h5-6,8-11,14H,1-4,7H2/t14-/m1/s1. The summed E-state index contributed by atoms with van der Waals surface area (Å²) >= 11 is 3.27. The molecule has 7 heteroatoms. The lowest BCUT2D eigenvalue weighted by atomic mass is 10.1. The Morgan fingerprint density at radius 2 is 2.12 bits per heavy atom. The first kappa shape index (κ1) is 15.5. The Labute approximate surface area is 147 Å². The predicted octanol–water partition coefficient (Wildman–Crippen LogP) is 4.16. The molecular formula is C17H17N3O2S2. The quantitative estimate of drug-likeness (QED) is 0.686. The molecule has 124 valence electrons. The lowest BCUT2D eigenvalue weighted by molar-refractivity contribution is -0.132. The molecule has 1 atom stereocenters. The second-order valence-electron chi connectivity index (χ2n) is 5.81. The fourth-order valence-electron chi connectivity index (χ4n) is 3.09. The Bertz CT molecular complexity index is 796. The first-order valence-electron chi connectivity index (χ1n) is 7.98. The first-order chi connectivity index (χ1) is 11.8. The lowest BCUT2D eigenvalue weighted by Gasteiger charge is -2.24. The van der Waals surface area contributed by atoms with Crippen molar-refractivity contribution < 1.29 is 9.21 Å². The first-order valence-corrected chi connectivity index (χ1v) is 9.86. The van der Waals surface area contributed by atoms with Crippen LogP contribution in [-0.4, -0.2) is 27.5 Å². The van der Waals surface area contributed by atoms with Gasteiger partial charge in [-0.3, -0.25) is 4.79 Å². The molecule has 5 nitrogen and oxygen atoms in total. The summed E-state index contributed by atoms with van der Waals surface area (Å²) in [4.78, 5) is 14.6. The number of thiophene rings is 2. The molecular weight excluding hydrogens is 342 g/mol. The van der Waals surface area contributed by atoms with Crippen molar-refractivity contribution >= 4 is 28.6 Å². The third kappa shape index (κ3) is 3.14. The number of hydrogen-bond donors (Lipinski definition) is 0. The summed E-state index contributed by atoms with van der Waals surface area (Å²) < 4.78 is 5.66. The molecule has 1 aliphatic rings. The zero-order valence-electron chi connectivity index (χ0n) is 13.1. The summed E-state index contributed by atoms with van der Waals surface area (Å²) in [6, 6.07) is 4.29. The van der Waals surface area contributed by atoms with E-state index in [1.807, 2.05) is 21.7 Å². The van der Waals surface area contributed by atoms with Gasteiger partial charge in [-0.05, 0) is 46.7 Å². The van der Waals surface area contributed by atoms with Gasteiger partial charge in [-0.15, -0.1) is 10.2 Å². The molecule has 0 radical (unpaired) electrons. The molecule has 1 aliphatic heterocycles. The number of likely N-dealkylation sites (tertiary alicyclic amines) is 1. The van der Waals surface area contributed by atoms with Crippen LogP contribution < -0.4 is 0 Å². The Hall–Kier alpha value is -1.99. The maximum absolute atomic E-state index is 12.6. The SMILES string of the molecule is O=C(CCc1nnc(-c2ccsc2)o1)N1CCC[C@@H]1c1ccsc1. The van der Waals surface area contributed by atoms with Crippen molar-refractivity contribution in [1.82, 2.24) is 15.1 Å². The summed E-state index contributed by atoms with van der Waals surface area (Å²) in [5, 5.41) is 16.3. The molecule has 1 saturated heterocycles. The summed E-state index contributed by atoms with van der Waals surface area (Å²) in [5.41, 5.74) is 2.19. The Balaban J connectivity index is 1.38. The van der Waals surface area contributed by atoms with E-state index in [0.717, 1.165) is 24.9 Å². The topological polar surface area (TPSA) is 59.2 Å². The lowest BCUT2D eigenvalue weighted by Crippen LogP contribution is -2.30.